The largest absolute Gasteiger partial charge is 1.00 e. The van der Waals surface area contributed by atoms with Crippen molar-refractivity contribution < 1.29 is 59.3 Å². The number of halogens is 1. The topological polar surface area (TPSA) is 152 Å². The summed E-state index contributed by atoms with van der Waals surface area (Å²) in [5.41, 5.74) is 18.8. The maximum Gasteiger partial charge on any atom is 0.243 e. The molecule has 0 radical (unpaired) electrons. The van der Waals surface area contributed by atoms with Crippen LogP contribution in [0.3, 0.4) is 0 Å². The van der Waals surface area contributed by atoms with E-state index in [0.717, 1.165) is 117 Å². The number of unbranched alkanes of at least 4 members (excludes halogenated alkanes) is 1. The molecule has 0 fully saturated rings. The van der Waals surface area contributed by atoms with Gasteiger partial charge in [-0.15, -0.1) is 4.33 Å². The van der Waals surface area contributed by atoms with E-state index in [0.29, 0.717) is 19.7 Å². The number of hydrogen-bond acceptors (Lipinski definition) is 13. The van der Waals surface area contributed by atoms with Gasteiger partial charge in [0.25, 0.3) is 0 Å². The van der Waals surface area contributed by atoms with E-state index in [2.05, 4.69) is 182 Å². The quantitative estimate of drug-likeness (QED) is 0.0200. The summed E-state index contributed by atoms with van der Waals surface area (Å²) >= 11 is 1.05. The molecule has 6 aromatic heterocycles. The number of methoxy groups -OCH3 is 1. The van der Waals surface area contributed by atoms with Crippen LogP contribution in [-0.4, -0.2) is 76.5 Å². The molecule has 97 heavy (non-hydrogen) atoms. The molecule has 0 aliphatic carbocycles. The van der Waals surface area contributed by atoms with Crippen molar-refractivity contribution >= 4 is 87.5 Å². The minimum Gasteiger partial charge on any atom is -1.00 e. The molecular weight excluding hydrogens is 1360 g/mol. The number of benzene rings is 9. The van der Waals surface area contributed by atoms with Crippen molar-refractivity contribution in [2.45, 2.75) is 29.6 Å². The maximum atomic E-state index is 13.4. The second kappa shape index (κ2) is 32.5. The smallest absolute Gasteiger partial charge is 0.243 e. The number of aromatic nitrogens is 6. The van der Waals surface area contributed by atoms with E-state index >= 15 is 0 Å². The van der Waals surface area contributed by atoms with Gasteiger partial charge in [0.05, 0.1) is 63.8 Å². The van der Waals surface area contributed by atoms with E-state index < -0.39 is 10.0 Å². The maximum absolute atomic E-state index is 13.4. The minimum absolute atomic E-state index is 0. The molecule has 9 aromatic carbocycles. The Kier molecular flexibility index (Phi) is 23.0. The van der Waals surface area contributed by atoms with Crippen LogP contribution in [0.4, 0.5) is 0 Å². The van der Waals surface area contributed by atoms with Crippen LogP contribution in [0.2, 0.25) is 0 Å². The number of nitrogens with zero attached hydrogens (tertiary/aromatic N) is 7. The molecule has 0 spiro atoms. The Morgan fingerprint density at radius 1 is 0.371 bits per heavy atom. The van der Waals surface area contributed by atoms with Gasteiger partial charge in [0, 0.05) is 114 Å². The molecule has 13 nitrogen and oxygen atoms in total. The van der Waals surface area contributed by atoms with Crippen LogP contribution < -0.4 is 12.4 Å². The van der Waals surface area contributed by atoms with Crippen molar-refractivity contribution in [1.82, 2.24) is 34.2 Å². The second-order valence-corrected chi connectivity index (χ2v) is 25.1. The van der Waals surface area contributed by atoms with Gasteiger partial charge in [0.1, 0.15) is 0 Å². The van der Waals surface area contributed by atoms with Crippen molar-refractivity contribution in [3.63, 3.8) is 0 Å². The number of rotatable bonds is 18. The first-order valence-corrected chi connectivity index (χ1v) is 33.4. The summed E-state index contributed by atoms with van der Waals surface area (Å²) in [6.07, 6.45) is 12.8. The van der Waals surface area contributed by atoms with Crippen LogP contribution in [0.15, 0.2) is 290 Å². The summed E-state index contributed by atoms with van der Waals surface area (Å²) in [4.78, 5) is 33.6. The van der Waals surface area contributed by atoms with Gasteiger partial charge in [-0.1, -0.05) is 200 Å². The van der Waals surface area contributed by atoms with Gasteiger partial charge in [0.15, 0.2) is 0 Å². The Bertz CT molecular complexity index is 4870. The zero-order chi connectivity index (χ0) is 64.9. The first-order chi connectivity index (χ1) is 46.8. The summed E-state index contributed by atoms with van der Waals surface area (Å²) < 4.78 is 38.4. The molecule has 0 bridgehead atoms. The molecule has 0 aliphatic rings. The minimum atomic E-state index is -3.64. The SMILES string of the molecule is CCCCN(CCOC)S(=O)(=O)c1ccc(-c2ccnc3c2ccc2c(-c4ccc(SOOOC)cc4)ccnc23)cc1.[Cl-].[Ru].c1ccc(-c2ccnc3c2ccc2c(-c4ccccc4)ccnc23)cc1.c1ccc(-c2ccnc3c2ccc2c(-c4ccccc4)ccnc23)cc1. The van der Waals surface area contributed by atoms with Crippen molar-refractivity contribution in [2.24, 2.45) is 0 Å². The average Bonchev–Trinajstić information content (AvgIpc) is 0.776. The number of hydrogen-bond donors (Lipinski definition) is 0. The molecule has 0 unspecified atom stereocenters. The first kappa shape index (κ1) is 68.8. The Labute approximate surface area is 586 Å². The molecule has 17 heteroatoms. The number of ether oxygens (including phenoxy) is 1. The van der Waals surface area contributed by atoms with Crippen molar-refractivity contribution in [1.29, 1.82) is 0 Å². The van der Waals surface area contributed by atoms with E-state index in [1.165, 1.54) is 55.9 Å². The molecule has 0 atom stereocenters. The molecule has 0 aliphatic heterocycles. The standard InChI is InChI=1S/C32H33N3O6S2.2C24H16N2.ClH.Ru/c1-4-5-20-35(21-22-38-2)43(36,37)26-12-8-24(9-13-26)28-17-19-34-32-30(28)15-14-29-27(16-18-33-31(29)32)23-6-10-25(11-7-23)42-41-40-39-3;2*1-3-7-17(8-4-1)19-13-15-25-23-21(19)11-12-22-20(14-16-26-24(22)23)18-9-5-2-6-10-18;;/h6-19H,4-5,20-22H2,1-3H3;2*1-16H;1H;/p-1. The van der Waals surface area contributed by atoms with Gasteiger partial charge < -0.3 is 17.1 Å². The van der Waals surface area contributed by atoms with E-state index in [1.54, 1.807) is 31.6 Å². The summed E-state index contributed by atoms with van der Waals surface area (Å²) in [7, 11) is -0.698. The van der Waals surface area contributed by atoms with Crippen LogP contribution in [0.25, 0.3) is 132 Å². The number of sulfonamides is 1. The van der Waals surface area contributed by atoms with Gasteiger partial charge in [-0.05, 0) is 134 Å². The normalized spacial score (nSPS) is 11.3. The molecule has 0 N–H and O–H groups in total. The third-order valence-electron chi connectivity index (χ3n) is 16.7. The van der Waals surface area contributed by atoms with Gasteiger partial charge in [-0.3, -0.25) is 29.9 Å². The van der Waals surface area contributed by atoms with E-state index in [9.17, 15) is 8.42 Å². The van der Waals surface area contributed by atoms with Crippen molar-refractivity contribution in [3.8, 4) is 66.8 Å². The summed E-state index contributed by atoms with van der Waals surface area (Å²) in [6.45, 7) is 3.17. The summed E-state index contributed by atoms with van der Waals surface area (Å²) in [5, 5.41) is 10.9. The predicted molar refractivity (Wildman–Crippen MR) is 384 cm³/mol. The monoisotopic (exact) mass is 1420 g/mol. The molecule has 484 valence electrons. The van der Waals surface area contributed by atoms with Gasteiger partial charge in [0.2, 0.25) is 10.0 Å². The molecule has 0 saturated carbocycles. The fraction of sp³-hybridized carbons (Fsp3) is 0.100. The van der Waals surface area contributed by atoms with Crippen molar-refractivity contribution in [3.05, 3.63) is 280 Å². The third-order valence-corrected chi connectivity index (χ3v) is 19.2. The van der Waals surface area contributed by atoms with Crippen molar-refractivity contribution in [2.75, 3.05) is 33.9 Å². The van der Waals surface area contributed by atoms with Crippen LogP contribution in [0.5, 0.6) is 0 Å². The second-order valence-electron chi connectivity index (χ2n) is 22.4. The zero-order valence-corrected chi connectivity index (χ0v) is 57.3. The Balaban J connectivity index is 0.000000153. The van der Waals surface area contributed by atoms with E-state index in [-0.39, 0.29) is 36.8 Å². The Morgan fingerprint density at radius 2 is 0.660 bits per heavy atom. The third kappa shape index (κ3) is 15.0. The van der Waals surface area contributed by atoms with Gasteiger partial charge in [-0.25, -0.2) is 13.3 Å². The molecule has 6 heterocycles. The molecule has 15 aromatic rings. The van der Waals surface area contributed by atoms with Crippen LogP contribution in [-0.2, 0) is 48.5 Å². The fourth-order valence-electron chi connectivity index (χ4n) is 12.1. The molecular formula is C80H65ClN7O6RuS2-. The zero-order valence-electron chi connectivity index (χ0n) is 53.2. The molecule has 0 saturated heterocycles. The van der Waals surface area contributed by atoms with Crippen LogP contribution in [0, 0.1) is 0 Å². The van der Waals surface area contributed by atoms with Crippen LogP contribution >= 0.6 is 12.0 Å². The number of fused-ring (bicyclic) bond motifs is 9. The molecule has 15 rings (SSSR count). The Hall–Kier alpha value is -9.55. The fourth-order valence-corrected chi connectivity index (χ4v) is 13.9. The van der Waals surface area contributed by atoms with E-state index in [4.69, 9.17) is 19.0 Å². The Morgan fingerprint density at radius 3 is 0.938 bits per heavy atom. The first-order valence-electron chi connectivity index (χ1n) is 31.3. The van der Waals surface area contributed by atoms with E-state index in [1.807, 2.05) is 111 Å². The molecule has 0 amide bonds. The van der Waals surface area contributed by atoms with Gasteiger partial charge in [-0.2, -0.15) is 4.31 Å². The summed E-state index contributed by atoms with van der Waals surface area (Å²) in [6, 6.07) is 81.7. The number of pyridine rings is 6. The van der Waals surface area contributed by atoms with Gasteiger partial charge >= 0.3 is 0 Å². The predicted octanol–water partition coefficient (Wildman–Crippen LogP) is 16.3. The summed E-state index contributed by atoms with van der Waals surface area (Å²) in [5.74, 6) is 0. The average molecular weight is 1420 g/mol. The van der Waals surface area contributed by atoms with Crippen LogP contribution in [0.1, 0.15) is 19.8 Å².